The molecule has 8 nitrogen and oxygen atoms in total. The number of halogens is 7. The number of allylic oxidation sites excluding steroid dienone is 1. The van der Waals surface area contributed by atoms with Gasteiger partial charge in [0.2, 0.25) is 0 Å². The molecule has 1 aliphatic heterocycles. The Hall–Kier alpha value is -3.21. The zero-order valence-corrected chi connectivity index (χ0v) is 21.9. The Morgan fingerprint density at radius 1 is 1.10 bits per heavy atom. The monoisotopic (exact) mass is 613 g/mol. The lowest BCUT2D eigenvalue weighted by molar-refractivity contribution is -0.376. The van der Waals surface area contributed by atoms with Gasteiger partial charge in [-0.15, -0.1) is 0 Å². The molecule has 226 valence electrons. The standard InChI is InChI=1S/C25H26F7N3O5S/c26-17-3-6-21(7-4-17)41(39,40)35-19(12-18(33)9-10-34-13-20(37)14-36)5-1-15-11-16(2-8-22(15)35)23(38,24(27,28)29)25(30,31)32/h2-4,6-11,19-20,36-38H,1,5,12-14,33H2/t19-,20?/m0/s1. The van der Waals surface area contributed by atoms with Crippen molar-refractivity contribution in [1.29, 1.82) is 0 Å². The summed E-state index contributed by atoms with van der Waals surface area (Å²) in [5, 5.41) is 28.0. The third-order valence-corrected chi connectivity index (χ3v) is 8.28. The number of nitrogens with two attached hydrogens (primary N) is 1. The van der Waals surface area contributed by atoms with E-state index in [9.17, 15) is 49.4 Å². The molecule has 2 atom stereocenters. The molecule has 2 aromatic carbocycles. The van der Waals surface area contributed by atoms with Crippen molar-refractivity contribution in [3.8, 4) is 0 Å². The van der Waals surface area contributed by atoms with Gasteiger partial charge in [0.1, 0.15) is 5.82 Å². The number of hydrogen-bond acceptors (Lipinski definition) is 7. The summed E-state index contributed by atoms with van der Waals surface area (Å²) < 4.78 is 122. The zero-order valence-electron chi connectivity index (χ0n) is 21.1. The molecule has 0 aromatic heterocycles. The van der Waals surface area contributed by atoms with Crippen LogP contribution in [0.1, 0.15) is 24.0 Å². The molecule has 0 saturated heterocycles. The lowest BCUT2D eigenvalue weighted by Gasteiger charge is -2.39. The summed E-state index contributed by atoms with van der Waals surface area (Å²) in [7, 11) is -4.55. The largest absolute Gasteiger partial charge is 0.430 e. The van der Waals surface area contributed by atoms with Gasteiger partial charge in [-0.05, 0) is 54.8 Å². The van der Waals surface area contributed by atoms with E-state index in [1.54, 1.807) is 0 Å². The highest BCUT2D eigenvalue weighted by atomic mass is 32.2. The lowest BCUT2D eigenvalue weighted by Crippen LogP contribution is -2.54. The third kappa shape index (κ3) is 6.66. The van der Waals surface area contributed by atoms with Gasteiger partial charge in [-0.25, -0.2) is 12.8 Å². The first kappa shape index (κ1) is 32.3. The number of aliphatic hydroxyl groups excluding tert-OH is 2. The molecule has 1 aliphatic rings. The predicted molar refractivity (Wildman–Crippen MR) is 134 cm³/mol. The summed E-state index contributed by atoms with van der Waals surface area (Å²) in [5.74, 6) is -0.749. The molecule has 41 heavy (non-hydrogen) atoms. The van der Waals surface area contributed by atoms with E-state index in [2.05, 4.69) is 4.99 Å². The molecule has 3 rings (SSSR count). The van der Waals surface area contributed by atoms with Crippen LogP contribution in [0.4, 0.5) is 36.4 Å². The van der Waals surface area contributed by atoms with Crippen LogP contribution < -0.4 is 10.0 Å². The van der Waals surface area contributed by atoms with Crippen molar-refractivity contribution in [2.45, 2.75) is 54.3 Å². The van der Waals surface area contributed by atoms with Crippen LogP contribution >= 0.6 is 0 Å². The van der Waals surface area contributed by atoms with E-state index in [1.165, 1.54) is 12.3 Å². The first-order valence-corrected chi connectivity index (χ1v) is 13.4. The Morgan fingerprint density at radius 2 is 1.71 bits per heavy atom. The molecule has 1 unspecified atom stereocenters. The number of alkyl halides is 6. The summed E-state index contributed by atoms with van der Waals surface area (Å²) in [5.41, 5.74) is -1.07. The number of fused-ring (bicyclic) bond motifs is 1. The van der Waals surface area contributed by atoms with Gasteiger partial charge in [0, 0.05) is 23.9 Å². The maximum Gasteiger partial charge on any atom is 0.430 e. The Kier molecular flexibility index (Phi) is 9.42. The highest BCUT2D eigenvalue weighted by molar-refractivity contribution is 7.92. The predicted octanol–water partition coefficient (Wildman–Crippen LogP) is 3.30. The van der Waals surface area contributed by atoms with Crippen molar-refractivity contribution in [3.63, 3.8) is 0 Å². The molecule has 0 amide bonds. The van der Waals surface area contributed by atoms with Crippen LogP contribution in [-0.4, -0.2) is 67.6 Å². The number of sulfonamides is 1. The molecular formula is C25H26F7N3O5S. The number of rotatable bonds is 9. The van der Waals surface area contributed by atoms with Crippen LogP contribution in [0.2, 0.25) is 0 Å². The van der Waals surface area contributed by atoms with Crippen molar-refractivity contribution in [3.05, 3.63) is 71.2 Å². The SMILES string of the molecule is NC(=CC=NCC(O)CO)C[C@@H]1CCc2cc(C(O)(C(F)(F)F)C(F)(F)F)ccc2N1S(=O)(=O)c1ccc(F)cc1. The lowest BCUT2D eigenvalue weighted by atomic mass is 9.87. The van der Waals surface area contributed by atoms with E-state index >= 15 is 0 Å². The molecular weight excluding hydrogens is 587 g/mol. The van der Waals surface area contributed by atoms with Gasteiger partial charge in [0.25, 0.3) is 15.6 Å². The van der Waals surface area contributed by atoms with Crippen LogP contribution in [0.25, 0.3) is 0 Å². The second kappa shape index (κ2) is 12.0. The van der Waals surface area contributed by atoms with Crippen LogP contribution in [-0.2, 0) is 22.0 Å². The second-order valence-corrected chi connectivity index (χ2v) is 11.1. The van der Waals surface area contributed by atoms with Crippen molar-refractivity contribution >= 4 is 21.9 Å². The quantitative estimate of drug-likeness (QED) is 0.253. The summed E-state index contributed by atoms with van der Waals surface area (Å²) in [6.07, 6.45) is -11.3. The third-order valence-electron chi connectivity index (χ3n) is 6.40. The Morgan fingerprint density at radius 3 is 2.27 bits per heavy atom. The van der Waals surface area contributed by atoms with Crippen molar-refractivity contribution in [2.24, 2.45) is 10.7 Å². The van der Waals surface area contributed by atoms with Crippen LogP contribution in [0.15, 0.2) is 64.1 Å². The van der Waals surface area contributed by atoms with Gasteiger partial charge in [-0.1, -0.05) is 12.1 Å². The van der Waals surface area contributed by atoms with Crippen molar-refractivity contribution in [2.75, 3.05) is 17.5 Å². The van der Waals surface area contributed by atoms with Crippen molar-refractivity contribution < 1.29 is 54.5 Å². The highest BCUT2D eigenvalue weighted by Gasteiger charge is 2.71. The minimum Gasteiger partial charge on any atom is -0.402 e. The number of anilines is 1. The molecule has 0 bridgehead atoms. The first-order chi connectivity index (χ1) is 18.9. The van der Waals surface area contributed by atoms with Gasteiger partial charge in [-0.2, -0.15) is 26.3 Å². The van der Waals surface area contributed by atoms with Gasteiger partial charge in [0.05, 0.1) is 35.9 Å². The Balaban J connectivity index is 2.09. The number of hydrogen-bond donors (Lipinski definition) is 4. The normalized spacial score (nSPS) is 18.0. The van der Waals surface area contributed by atoms with Crippen LogP contribution in [0, 0.1) is 5.82 Å². The summed E-state index contributed by atoms with van der Waals surface area (Å²) >= 11 is 0. The summed E-state index contributed by atoms with van der Waals surface area (Å²) in [6, 6.07) is 4.25. The summed E-state index contributed by atoms with van der Waals surface area (Å²) in [4.78, 5) is 3.44. The van der Waals surface area contributed by atoms with E-state index in [4.69, 9.17) is 10.8 Å². The zero-order chi connectivity index (χ0) is 30.8. The number of aryl methyl sites for hydroxylation is 1. The topological polar surface area (TPSA) is 136 Å². The number of benzene rings is 2. The molecule has 2 aromatic rings. The van der Waals surface area contributed by atoms with Gasteiger partial charge < -0.3 is 21.1 Å². The molecule has 0 aliphatic carbocycles. The maximum atomic E-state index is 13.7. The molecule has 0 fully saturated rings. The second-order valence-electron chi connectivity index (χ2n) is 9.29. The fourth-order valence-electron chi connectivity index (χ4n) is 4.31. The summed E-state index contributed by atoms with van der Waals surface area (Å²) in [6.45, 7) is -0.675. The van der Waals surface area contributed by atoms with E-state index in [-0.39, 0.29) is 42.8 Å². The smallest absolute Gasteiger partial charge is 0.402 e. The number of aliphatic hydroxyl groups is 3. The number of aliphatic imine (C=N–C) groups is 1. The Bertz CT molecular complexity index is 1380. The fraction of sp³-hybridized carbons (Fsp3) is 0.400. The molecule has 0 radical (unpaired) electrons. The molecule has 16 heteroatoms. The minimum atomic E-state index is -6.13. The average molecular weight is 614 g/mol. The molecule has 5 N–H and O–H groups in total. The minimum absolute atomic E-state index is 0.0950. The average Bonchev–Trinajstić information content (AvgIpc) is 2.88. The van der Waals surface area contributed by atoms with Crippen LogP contribution in [0.3, 0.4) is 0 Å². The van der Waals surface area contributed by atoms with Gasteiger partial charge in [0.15, 0.2) is 0 Å². The molecule has 0 spiro atoms. The van der Waals surface area contributed by atoms with Gasteiger partial charge in [-0.3, -0.25) is 9.30 Å². The van der Waals surface area contributed by atoms with Gasteiger partial charge >= 0.3 is 12.4 Å². The van der Waals surface area contributed by atoms with Crippen LogP contribution in [0.5, 0.6) is 0 Å². The van der Waals surface area contributed by atoms with E-state index in [1.807, 2.05) is 0 Å². The Labute approximate surface area is 230 Å². The van der Waals surface area contributed by atoms with E-state index in [0.29, 0.717) is 12.1 Å². The fourth-order valence-corrected chi connectivity index (χ4v) is 6.03. The highest BCUT2D eigenvalue weighted by Crippen LogP contribution is 2.51. The number of nitrogens with zero attached hydrogens (tertiary/aromatic N) is 2. The van der Waals surface area contributed by atoms with E-state index < -0.39 is 63.0 Å². The molecule has 1 heterocycles. The van der Waals surface area contributed by atoms with E-state index in [0.717, 1.165) is 34.6 Å². The van der Waals surface area contributed by atoms with Crippen molar-refractivity contribution in [1.82, 2.24) is 0 Å². The molecule has 0 saturated carbocycles. The first-order valence-electron chi connectivity index (χ1n) is 12.0. The maximum absolute atomic E-state index is 13.7.